The smallest absolute Gasteiger partial charge is 0.407 e. The lowest BCUT2D eigenvalue weighted by molar-refractivity contribution is 0.0523. The first kappa shape index (κ1) is 25.3. The first-order chi connectivity index (χ1) is 16.2. The van der Waals surface area contributed by atoms with E-state index in [-0.39, 0.29) is 5.91 Å². The Morgan fingerprint density at radius 3 is 2.38 bits per heavy atom. The van der Waals surface area contributed by atoms with Gasteiger partial charge in [-0.25, -0.2) is 4.79 Å². The van der Waals surface area contributed by atoms with Crippen LogP contribution in [0.1, 0.15) is 48.9 Å². The molecule has 0 saturated heterocycles. The van der Waals surface area contributed by atoms with Gasteiger partial charge in [-0.3, -0.25) is 4.79 Å². The molecule has 0 saturated carbocycles. The fraction of sp³-hybridized carbons (Fsp3) is 0.407. The van der Waals surface area contributed by atoms with Crippen LogP contribution in [-0.2, 0) is 17.7 Å². The standard InChI is InChI=1S/C27H35N3O4/c1-27(2,3)34-26(32)29-19-21-13-11-20(12-14-21)8-7-16-30(4)17-15-28-25(31)24-18-22-9-5-6-10-23(22)33-24/h5-6,9-14,18H,7-8,15-17,19H2,1-4H3,(H,28,31)(H,29,32). The van der Waals surface area contributed by atoms with Crippen molar-refractivity contribution < 1.29 is 18.7 Å². The molecular weight excluding hydrogens is 430 g/mol. The molecule has 3 rings (SSSR count). The molecule has 0 aliphatic rings. The molecule has 2 amide bonds. The lowest BCUT2D eigenvalue weighted by atomic mass is 10.1. The summed E-state index contributed by atoms with van der Waals surface area (Å²) >= 11 is 0. The molecule has 1 aromatic heterocycles. The molecule has 0 unspecified atom stereocenters. The molecule has 7 heteroatoms. The topological polar surface area (TPSA) is 83.8 Å². The van der Waals surface area contributed by atoms with E-state index < -0.39 is 11.7 Å². The average molecular weight is 466 g/mol. The summed E-state index contributed by atoms with van der Waals surface area (Å²) < 4.78 is 10.9. The Bertz CT molecular complexity index is 1050. The van der Waals surface area contributed by atoms with Gasteiger partial charge in [-0.05, 0) is 70.5 Å². The number of likely N-dealkylation sites (N-methyl/N-ethyl adjacent to an activating group) is 1. The zero-order valence-electron chi connectivity index (χ0n) is 20.5. The minimum atomic E-state index is -0.499. The van der Waals surface area contributed by atoms with Crippen LogP contribution in [0.3, 0.4) is 0 Å². The van der Waals surface area contributed by atoms with Gasteiger partial charge in [0.25, 0.3) is 5.91 Å². The summed E-state index contributed by atoms with van der Waals surface area (Å²) in [7, 11) is 2.05. The Hall–Kier alpha value is -3.32. The number of hydrogen-bond acceptors (Lipinski definition) is 5. The predicted octanol–water partition coefficient (Wildman–Crippen LogP) is 4.75. The van der Waals surface area contributed by atoms with Gasteiger partial charge in [-0.1, -0.05) is 42.5 Å². The van der Waals surface area contributed by atoms with Crippen LogP contribution in [0.25, 0.3) is 11.0 Å². The summed E-state index contributed by atoms with van der Waals surface area (Å²) in [6.45, 7) is 8.24. The van der Waals surface area contributed by atoms with Gasteiger partial charge >= 0.3 is 6.09 Å². The minimum Gasteiger partial charge on any atom is -0.451 e. The largest absolute Gasteiger partial charge is 0.451 e. The third-order valence-electron chi connectivity index (χ3n) is 5.29. The zero-order valence-corrected chi connectivity index (χ0v) is 20.5. The highest BCUT2D eigenvalue weighted by atomic mass is 16.6. The van der Waals surface area contributed by atoms with Crippen molar-refractivity contribution in [1.82, 2.24) is 15.5 Å². The van der Waals surface area contributed by atoms with Crippen molar-refractivity contribution in [2.75, 3.05) is 26.7 Å². The number of benzene rings is 2. The Morgan fingerprint density at radius 2 is 1.68 bits per heavy atom. The Balaban J connectivity index is 1.31. The summed E-state index contributed by atoms with van der Waals surface area (Å²) in [4.78, 5) is 26.3. The van der Waals surface area contributed by atoms with Gasteiger partial charge in [0.1, 0.15) is 11.2 Å². The van der Waals surface area contributed by atoms with E-state index in [0.717, 1.165) is 42.5 Å². The van der Waals surface area contributed by atoms with Crippen molar-refractivity contribution in [2.45, 2.75) is 45.8 Å². The van der Waals surface area contributed by atoms with Gasteiger partial charge in [0.2, 0.25) is 0 Å². The van der Waals surface area contributed by atoms with Crippen molar-refractivity contribution in [1.29, 1.82) is 0 Å². The number of amides is 2. The number of ether oxygens (including phenoxy) is 1. The van der Waals surface area contributed by atoms with E-state index in [1.54, 1.807) is 6.07 Å². The first-order valence-electron chi connectivity index (χ1n) is 11.7. The van der Waals surface area contributed by atoms with Gasteiger partial charge in [0.05, 0.1) is 0 Å². The number of hydrogen-bond donors (Lipinski definition) is 2. The number of carbonyl (C=O) groups is 2. The number of aryl methyl sites for hydroxylation is 1. The van der Waals surface area contributed by atoms with Crippen LogP contribution in [0.4, 0.5) is 4.79 Å². The lowest BCUT2D eigenvalue weighted by Crippen LogP contribution is -2.33. The molecule has 0 spiro atoms. The second kappa shape index (κ2) is 11.7. The van der Waals surface area contributed by atoms with E-state index in [1.165, 1.54) is 5.56 Å². The van der Waals surface area contributed by atoms with Crippen LogP contribution in [-0.4, -0.2) is 49.2 Å². The monoisotopic (exact) mass is 465 g/mol. The van der Waals surface area contributed by atoms with Crippen LogP contribution in [0.2, 0.25) is 0 Å². The third kappa shape index (κ3) is 8.23. The fourth-order valence-corrected chi connectivity index (χ4v) is 3.52. The molecule has 0 bridgehead atoms. The third-order valence-corrected chi connectivity index (χ3v) is 5.29. The molecule has 7 nitrogen and oxygen atoms in total. The van der Waals surface area contributed by atoms with Crippen molar-refractivity contribution >= 4 is 23.0 Å². The molecule has 3 aromatic rings. The van der Waals surface area contributed by atoms with E-state index in [1.807, 2.05) is 57.2 Å². The maximum absolute atomic E-state index is 12.3. The van der Waals surface area contributed by atoms with Gasteiger partial charge in [-0.15, -0.1) is 0 Å². The highest BCUT2D eigenvalue weighted by molar-refractivity contribution is 5.96. The Labute approximate surface area is 201 Å². The van der Waals surface area contributed by atoms with E-state index >= 15 is 0 Å². The molecule has 0 radical (unpaired) electrons. The Morgan fingerprint density at radius 1 is 0.971 bits per heavy atom. The second-order valence-electron chi connectivity index (χ2n) is 9.48. The van der Waals surface area contributed by atoms with Crippen LogP contribution in [0.5, 0.6) is 0 Å². The van der Waals surface area contributed by atoms with Gasteiger partial charge in [-0.2, -0.15) is 0 Å². The van der Waals surface area contributed by atoms with E-state index in [2.05, 4.69) is 34.7 Å². The number of rotatable bonds is 10. The maximum Gasteiger partial charge on any atom is 0.407 e. The Kier molecular flexibility index (Phi) is 8.71. The summed E-state index contributed by atoms with van der Waals surface area (Å²) in [5, 5.41) is 6.63. The molecule has 0 aliphatic carbocycles. The first-order valence-corrected chi connectivity index (χ1v) is 11.7. The average Bonchev–Trinajstić information content (AvgIpc) is 3.22. The summed E-state index contributed by atoms with van der Waals surface area (Å²) in [6, 6.07) is 17.6. The maximum atomic E-state index is 12.3. The fourth-order valence-electron chi connectivity index (χ4n) is 3.52. The number of alkyl carbamates (subject to hydrolysis) is 1. The number of nitrogens with zero attached hydrogens (tertiary/aromatic N) is 1. The van der Waals surface area contributed by atoms with Crippen LogP contribution in [0, 0.1) is 0 Å². The zero-order chi connectivity index (χ0) is 24.6. The van der Waals surface area contributed by atoms with Crippen molar-refractivity contribution in [3.05, 3.63) is 71.5 Å². The van der Waals surface area contributed by atoms with Crippen LogP contribution < -0.4 is 10.6 Å². The SMILES string of the molecule is CN(CCCc1ccc(CNC(=O)OC(C)(C)C)cc1)CCNC(=O)c1cc2ccccc2o1. The van der Waals surface area contributed by atoms with Crippen molar-refractivity contribution in [3.63, 3.8) is 0 Å². The number of para-hydroxylation sites is 1. The normalized spacial score (nSPS) is 11.6. The lowest BCUT2D eigenvalue weighted by Gasteiger charge is -2.19. The minimum absolute atomic E-state index is 0.189. The summed E-state index contributed by atoms with van der Waals surface area (Å²) in [5.41, 5.74) is 2.51. The van der Waals surface area contributed by atoms with E-state index in [0.29, 0.717) is 18.8 Å². The molecule has 0 aliphatic heterocycles. The van der Waals surface area contributed by atoms with E-state index in [9.17, 15) is 9.59 Å². The molecule has 2 N–H and O–H groups in total. The molecule has 0 fully saturated rings. The number of furan rings is 1. The number of nitrogens with one attached hydrogen (secondary N) is 2. The van der Waals surface area contributed by atoms with Gasteiger partial charge < -0.3 is 24.7 Å². The van der Waals surface area contributed by atoms with Gasteiger partial charge in [0, 0.05) is 25.0 Å². The van der Waals surface area contributed by atoms with Crippen LogP contribution >= 0.6 is 0 Å². The van der Waals surface area contributed by atoms with Crippen molar-refractivity contribution in [3.8, 4) is 0 Å². The highest BCUT2D eigenvalue weighted by Gasteiger charge is 2.15. The molecule has 1 heterocycles. The molecular formula is C27H35N3O4. The van der Waals surface area contributed by atoms with Crippen molar-refractivity contribution in [2.24, 2.45) is 0 Å². The van der Waals surface area contributed by atoms with E-state index in [4.69, 9.17) is 9.15 Å². The summed E-state index contributed by atoms with van der Waals surface area (Å²) in [6.07, 6.45) is 1.58. The molecule has 2 aromatic carbocycles. The quantitative estimate of drug-likeness (QED) is 0.451. The van der Waals surface area contributed by atoms with Gasteiger partial charge in [0.15, 0.2) is 5.76 Å². The number of fused-ring (bicyclic) bond motifs is 1. The van der Waals surface area contributed by atoms with Crippen LogP contribution in [0.15, 0.2) is 59.0 Å². The predicted molar refractivity (Wildman–Crippen MR) is 134 cm³/mol. The molecule has 34 heavy (non-hydrogen) atoms. The second-order valence-corrected chi connectivity index (χ2v) is 9.48. The highest BCUT2D eigenvalue weighted by Crippen LogP contribution is 2.18. The summed E-state index contributed by atoms with van der Waals surface area (Å²) in [5.74, 6) is 0.152. The number of carbonyl (C=O) groups excluding carboxylic acids is 2. The molecule has 0 atom stereocenters. The molecule has 182 valence electrons.